The second-order valence-corrected chi connectivity index (χ2v) is 5.00. The van der Waals surface area contributed by atoms with Crippen LogP contribution in [0.4, 0.5) is 5.13 Å². The minimum atomic E-state index is -0.241. The van der Waals surface area contributed by atoms with Crippen LogP contribution in [0.25, 0.3) is 0 Å². The van der Waals surface area contributed by atoms with E-state index in [2.05, 4.69) is 15.5 Å². The molecule has 2 aromatic rings. The Morgan fingerprint density at radius 1 is 1.37 bits per heavy atom. The summed E-state index contributed by atoms with van der Waals surface area (Å²) < 4.78 is 0. The number of carbonyl (C=O) groups is 1. The SMILES string of the molecule is C/C(=N\NC(=O)c1ccccc1)c1sc(N)nc1C. The fourth-order valence-electron chi connectivity index (χ4n) is 1.59. The van der Waals surface area contributed by atoms with E-state index in [-0.39, 0.29) is 5.91 Å². The Hall–Kier alpha value is -2.21. The third-order valence-electron chi connectivity index (χ3n) is 2.50. The number of nitrogens with one attached hydrogen (secondary N) is 1. The number of hydrazone groups is 1. The number of anilines is 1. The summed E-state index contributed by atoms with van der Waals surface area (Å²) in [5.41, 5.74) is 10.2. The topological polar surface area (TPSA) is 80.4 Å². The van der Waals surface area contributed by atoms with Crippen molar-refractivity contribution in [1.29, 1.82) is 0 Å². The van der Waals surface area contributed by atoms with Gasteiger partial charge in [0.2, 0.25) is 0 Å². The van der Waals surface area contributed by atoms with Gasteiger partial charge in [-0.2, -0.15) is 5.10 Å². The summed E-state index contributed by atoms with van der Waals surface area (Å²) >= 11 is 1.35. The van der Waals surface area contributed by atoms with E-state index in [4.69, 9.17) is 5.73 Å². The number of nitrogens with zero attached hydrogens (tertiary/aromatic N) is 2. The average Bonchev–Trinajstić information content (AvgIpc) is 2.75. The van der Waals surface area contributed by atoms with Gasteiger partial charge in [-0.1, -0.05) is 29.5 Å². The van der Waals surface area contributed by atoms with Crippen LogP contribution in [0.15, 0.2) is 35.4 Å². The smallest absolute Gasteiger partial charge is 0.271 e. The Balaban J connectivity index is 2.11. The molecule has 2 rings (SSSR count). The van der Waals surface area contributed by atoms with Gasteiger partial charge in [0.25, 0.3) is 5.91 Å². The minimum absolute atomic E-state index is 0.241. The molecule has 0 spiro atoms. The molecule has 1 aromatic heterocycles. The van der Waals surface area contributed by atoms with Crippen molar-refractivity contribution < 1.29 is 4.79 Å². The fraction of sp³-hybridized carbons (Fsp3) is 0.154. The number of thiazole rings is 1. The third-order valence-corrected chi connectivity index (χ3v) is 3.60. The monoisotopic (exact) mass is 274 g/mol. The van der Waals surface area contributed by atoms with E-state index in [1.165, 1.54) is 11.3 Å². The van der Waals surface area contributed by atoms with Crippen LogP contribution in [-0.2, 0) is 0 Å². The Kier molecular flexibility index (Phi) is 3.91. The first kappa shape index (κ1) is 13.2. The van der Waals surface area contributed by atoms with Crippen molar-refractivity contribution in [2.24, 2.45) is 5.10 Å². The van der Waals surface area contributed by atoms with Gasteiger partial charge in [-0.15, -0.1) is 0 Å². The van der Waals surface area contributed by atoms with Crippen molar-refractivity contribution in [2.75, 3.05) is 5.73 Å². The van der Waals surface area contributed by atoms with Gasteiger partial charge >= 0.3 is 0 Å². The van der Waals surface area contributed by atoms with E-state index < -0.39 is 0 Å². The van der Waals surface area contributed by atoms with Crippen LogP contribution in [-0.4, -0.2) is 16.6 Å². The summed E-state index contributed by atoms with van der Waals surface area (Å²) in [6.45, 7) is 3.67. The quantitative estimate of drug-likeness (QED) is 0.665. The Labute approximate surface area is 115 Å². The maximum Gasteiger partial charge on any atom is 0.271 e. The Morgan fingerprint density at radius 2 is 2.05 bits per heavy atom. The molecule has 98 valence electrons. The zero-order valence-electron chi connectivity index (χ0n) is 10.7. The fourth-order valence-corrected chi connectivity index (χ4v) is 2.37. The molecule has 0 atom stereocenters. The van der Waals surface area contributed by atoms with Crippen molar-refractivity contribution >= 4 is 28.1 Å². The molecule has 1 heterocycles. The van der Waals surface area contributed by atoms with Crippen LogP contribution in [0.2, 0.25) is 0 Å². The summed E-state index contributed by atoms with van der Waals surface area (Å²) in [5.74, 6) is -0.241. The summed E-state index contributed by atoms with van der Waals surface area (Å²) in [4.78, 5) is 16.8. The van der Waals surface area contributed by atoms with Gasteiger partial charge in [0.05, 0.1) is 16.3 Å². The highest BCUT2D eigenvalue weighted by molar-refractivity contribution is 7.17. The van der Waals surface area contributed by atoms with Crippen LogP contribution in [0.3, 0.4) is 0 Å². The second-order valence-electron chi connectivity index (χ2n) is 3.97. The molecule has 0 aliphatic heterocycles. The van der Waals surface area contributed by atoms with Crippen molar-refractivity contribution in [2.45, 2.75) is 13.8 Å². The minimum Gasteiger partial charge on any atom is -0.375 e. The maximum absolute atomic E-state index is 11.8. The molecule has 0 saturated heterocycles. The molecule has 3 N–H and O–H groups in total. The predicted molar refractivity (Wildman–Crippen MR) is 77.4 cm³/mol. The third kappa shape index (κ3) is 3.17. The number of aryl methyl sites for hydroxylation is 1. The van der Waals surface area contributed by atoms with Crippen LogP contribution >= 0.6 is 11.3 Å². The van der Waals surface area contributed by atoms with Gasteiger partial charge < -0.3 is 5.73 Å². The van der Waals surface area contributed by atoms with E-state index in [0.29, 0.717) is 16.4 Å². The van der Waals surface area contributed by atoms with E-state index in [0.717, 1.165) is 10.6 Å². The lowest BCUT2D eigenvalue weighted by Crippen LogP contribution is -2.19. The predicted octanol–water partition coefficient (Wildman–Crippen LogP) is 2.19. The lowest BCUT2D eigenvalue weighted by Gasteiger charge is -2.01. The maximum atomic E-state index is 11.8. The average molecular weight is 274 g/mol. The van der Waals surface area contributed by atoms with E-state index in [1.807, 2.05) is 19.9 Å². The number of nitrogens with two attached hydrogens (primary N) is 1. The van der Waals surface area contributed by atoms with Crippen LogP contribution in [0.1, 0.15) is 27.9 Å². The molecule has 1 aromatic carbocycles. The highest BCUT2D eigenvalue weighted by Crippen LogP contribution is 2.20. The first-order chi connectivity index (χ1) is 9.08. The van der Waals surface area contributed by atoms with Gasteiger partial charge in [0.15, 0.2) is 5.13 Å². The van der Waals surface area contributed by atoms with Crippen LogP contribution in [0, 0.1) is 6.92 Å². The summed E-state index contributed by atoms with van der Waals surface area (Å²) in [6, 6.07) is 8.93. The largest absolute Gasteiger partial charge is 0.375 e. The number of carbonyl (C=O) groups excluding carboxylic acids is 1. The standard InChI is InChI=1S/C13H14N4OS/c1-8-11(19-13(14)15-8)9(2)16-17-12(18)10-6-4-3-5-7-10/h3-7H,1-2H3,(H2,14,15)(H,17,18)/b16-9+. The van der Waals surface area contributed by atoms with E-state index in [1.54, 1.807) is 24.3 Å². The first-order valence-corrected chi connectivity index (χ1v) is 6.52. The number of benzene rings is 1. The van der Waals surface area contributed by atoms with Gasteiger partial charge in [-0.25, -0.2) is 10.4 Å². The summed E-state index contributed by atoms with van der Waals surface area (Å²) in [7, 11) is 0. The number of hydrogen-bond donors (Lipinski definition) is 2. The van der Waals surface area contributed by atoms with Crippen molar-refractivity contribution in [1.82, 2.24) is 10.4 Å². The first-order valence-electron chi connectivity index (χ1n) is 5.71. The highest BCUT2D eigenvalue weighted by Gasteiger charge is 2.09. The lowest BCUT2D eigenvalue weighted by molar-refractivity contribution is 0.0955. The van der Waals surface area contributed by atoms with E-state index in [9.17, 15) is 4.79 Å². The number of nitrogen functional groups attached to an aromatic ring is 1. The van der Waals surface area contributed by atoms with Crippen molar-refractivity contribution in [3.05, 3.63) is 46.5 Å². The molecule has 0 aliphatic carbocycles. The van der Waals surface area contributed by atoms with E-state index >= 15 is 0 Å². The molecule has 0 radical (unpaired) electrons. The molecular weight excluding hydrogens is 260 g/mol. The molecule has 6 heteroatoms. The normalized spacial score (nSPS) is 11.4. The van der Waals surface area contributed by atoms with Crippen molar-refractivity contribution in [3.63, 3.8) is 0 Å². The van der Waals surface area contributed by atoms with Gasteiger partial charge in [0.1, 0.15) is 0 Å². The van der Waals surface area contributed by atoms with Crippen LogP contribution in [0.5, 0.6) is 0 Å². The molecule has 0 aliphatic rings. The van der Waals surface area contributed by atoms with Crippen molar-refractivity contribution in [3.8, 4) is 0 Å². The molecule has 1 amide bonds. The second kappa shape index (κ2) is 5.62. The summed E-state index contributed by atoms with van der Waals surface area (Å²) in [5, 5.41) is 4.57. The number of hydrogen-bond acceptors (Lipinski definition) is 5. The number of rotatable bonds is 3. The lowest BCUT2D eigenvalue weighted by atomic mass is 10.2. The van der Waals surface area contributed by atoms with Gasteiger partial charge in [0, 0.05) is 5.56 Å². The molecular formula is C13H14N4OS. The number of amides is 1. The molecule has 0 fully saturated rings. The Morgan fingerprint density at radius 3 is 2.63 bits per heavy atom. The molecule has 0 unspecified atom stereocenters. The zero-order valence-corrected chi connectivity index (χ0v) is 11.5. The molecule has 19 heavy (non-hydrogen) atoms. The van der Waals surface area contributed by atoms with Gasteiger partial charge in [-0.3, -0.25) is 4.79 Å². The van der Waals surface area contributed by atoms with Gasteiger partial charge in [-0.05, 0) is 26.0 Å². The Bertz CT molecular complexity index is 619. The highest BCUT2D eigenvalue weighted by atomic mass is 32.1. The zero-order chi connectivity index (χ0) is 13.8. The molecule has 0 saturated carbocycles. The number of aromatic nitrogens is 1. The van der Waals surface area contributed by atoms with Crippen LogP contribution < -0.4 is 11.2 Å². The molecule has 0 bridgehead atoms. The summed E-state index contributed by atoms with van der Waals surface area (Å²) in [6.07, 6.45) is 0. The molecule has 5 nitrogen and oxygen atoms in total.